The molecule has 23 atom stereocenters. The number of phenols is 4. The van der Waals surface area contributed by atoms with Crippen molar-refractivity contribution in [2.45, 2.75) is 161 Å². The van der Waals surface area contributed by atoms with E-state index in [1.165, 1.54) is 36.4 Å². The number of hydrogen-bond donors (Lipinski definition) is 24. The molecule has 2 saturated carbocycles. The number of aromatic hydroxyl groups is 4. The minimum atomic E-state index is -2.58. The maximum Gasteiger partial charge on any atom is 0.333 e. The summed E-state index contributed by atoms with van der Waals surface area (Å²) >= 11 is 14.7. The Hall–Kier alpha value is -12.0. The lowest BCUT2D eigenvalue weighted by molar-refractivity contribution is -0.279. The molecule has 2 aliphatic carbocycles. The fourth-order valence-electron chi connectivity index (χ4n) is 15.8. The van der Waals surface area contributed by atoms with Crippen molar-refractivity contribution in [3.05, 3.63) is 164 Å². The first kappa shape index (κ1) is 88.3. The van der Waals surface area contributed by atoms with Crippen molar-refractivity contribution in [2.75, 3.05) is 19.8 Å². The molecule has 0 aromatic heterocycles. The third-order valence-electron chi connectivity index (χ3n) is 22.1. The number of carboxylic acids is 1. The number of nitrogens with two attached hydrogens (primary N) is 1. The molecule has 1 saturated heterocycles. The van der Waals surface area contributed by atoms with Gasteiger partial charge in [-0.3, -0.25) is 0 Å². The second-order valence-corrected chi connectivity index (χ2v) is 31.3. The maximum atomic E-state index is 14.3. The minimum absolute atomic E-state index is 0.0998. The van der Waals surface area contributed by atoms with Gasteiger partial charge < -0.3 is 156 Å². The third-order valence-corrected chi connectivity index (χ3v) is 22.6. The van der Waals surface area contributed by atoms with E-state index in [0.29, 0.717) is 0 Å². The molecule has 25 N–H and O–H groups in total. The van der Waals surface area contributed by atoms with Crippen LogP contribution in [0.15, 0.2) is 155 Å². The zero-order valence-electron chi connectivity index (χ0n) is 65.0. The van der Waals surface area contributed by atoms with Gasteiger partial charge in [0.1, 0.15) is 119 Å². The van der Waals surface area contributed by atoms with Gasteiger partial charge in [-0.25, -0.2) is 44.7 Å². The number of ether oxygens (including phenoxy) is 7. The first-order valence-electron chi connectivity index (χ1n) is 38.4. The molecule has 42 heteroatoms. The number of aliphatic imine (C=N–C) groups is 8. The number of aliphatic carboxylic acids is 1. The minimum Gasteiger partial charge on any atom is -0.508 e. The van der Waals surface area contributed by atoms with Crippen LogP contribution in [0.25, 0.3) is 11.1 Å². The molecule has 7 aromatic rings. The SMILES string of the molecule is CC(O)=N[C@H]1[C@H](O[C@@H]2c3ccc(c(Cl)c3)Oc3cc4cc(c3O[C@@H]3C[C@H](CO)C(O)[C@H](O)[C@H]3N=C(C)O)Oc3ccc(cc3Cl)C[C@H]3N=C(O)[C@H](N)c5cccc(O)c5Oc5cc(O)cc(c5)[C@H](N=C3O)C(O)=N[C@H]4C(O)=N[C@H]3C(O)=N[C@@H]2C(O)=N[C@@H](C(=O)O)c2cc(O)cc(O[C@@H]4C[C@@H](CO)C(O)[C@H](O)[C@@H]4O)c2-c2cc3ccc2O)O[C@H](CO)C(O)[C@@H]1O. The summed E-state index contributed by atoms with van der Waals surface area (Å²) in [6, 6.07) is 2.20. The smallest absolute Gasteiger partial charge is 0.333 e. The zero-order valence-corrected chi connectivity index (χ0v) is 66.5. The molecule has 7 heterocycles. The van der Waals surface area contributed by atoms with Gasteiger partial charge >= 0.3 is 5.97 Å². The summed E-state index contributed by atoms with van der Waals surface area (Å²) in [4.78, 5) is 49.7. The van der Waals surface area contributed by atoms with Crippen molar-refractivity contribution in [1.82, 2.24) is 0 Å². The molecule has 0 radical (unpaired) electrons. The van der Waals surface area contributed by atoms with Crippen LogP contribution >= 0.6 is 23.2 Å². The first-order valence-corrected chi connectivity index (χ1v) is 39.2. The summed E-state index contributed by atoms with van der Waals surface area (Å²) in [6.45, 7) is -0.442. The van der Waals surface area contributed by atoms with E-state index >= 15 is 0 Å². The topological polar surface area (TPSA) is 672 Å². The van der Waals surface area contributed by atoms with E-state index in [1.54, 1.807) is 0 Å². The predicted molar refractivity (Wildman–Crippen MR) is 438 cm³/mol. The molecule has 7 aliphatic heterocycles. The van der Waals surface area contributed by atoms with E-state index < -0.39 is 322 Å². The number of carboxylic acid groups (broad SMARTS) is 1. The van der Waals surface area contributed by atoms with E-state index in [9.17, 15) is 122 Å². The monoisotopic (exact) mass is 1760 g/mol. The van der Waals surface area contributed by atoms with E-state index in [0.717, 1.165) is 92.7 Å². The van der Waals surface area contributed by atoms with Crippen molar-refractivity contribution in [3.8, 4) is 80.1 Å². The summed E-state index contributed by atoms with van der Waals surface area (Å²) in [5.41, 5.74) is 3.30. The summed E-state index contributed by atoms with van der Waals surface area (Å²) in [5.74, 6) is -20.0. The van der Waals surface area contributed by atoms with E-state index in [2.05, 4.69) is 39.9 Å². The molecule has 0 amide bonds. The highest BCUT2D eigenvalue weighted by molar-refractivity contribution is 6.32. The van der Waals surface area contributed by atoms with Crippen LogP contribution in [0.4, 0.5) is 0 Å². The molecule has 7 aromatic carbocycles. The Morgan fingerprint density at radius 2 is 1.10 bits per heavy atom. The highest BCUT2D eigenvalue weighted by atomic mass is 35.5. The van der Waals surface area contributed by atoms with E-state index in [4.69, 9.17) is 62.1 Å². The van der Waals surface area contributed by atoms with Gasteiger partial charge in [-0.1, -0.05) is 53.5 Å². The molecular weight excluding hydrogens is 1680 g/mol. The van der Waals surface area contributed by atoms with Gasteiger partial charge in [0, 0.05) is 79.7 Å². The van der Waals surface area contributed by atoms with E-state index in [1.807, 2.05) is 0 Å². The number of aliphatic hydroxyl groups excluding tert-OH is 18. The molecule has 124 heavy (non-hydrogen) atoms. The van der Waals surface area contributed by atoms with Gasteiger partial charge in [-0.2, -0.15) is 0 Å². The number of phenolic OH excluding ortho intramolecular Hbond substituents is 4. The van der Waals surface area contributed by atoms with Crippen molar-refractivity contribution in [1.29, 1.82) is 0 Å². The Balaban J connectivity index is 1.11. The Labute approximate surface area is 711 Å². The number of rotatable bonds is 12. The van der Waals surface area contributed by atoms with Gasteiger partial charge in [-0.15, -0.1) is 0 Å². The summed E-state index contributed by atoms with van der Waals surface area (Å²) in [5, 5.41) is 270. The number of aliphatic hydroxyl groups is 18. The Morgan fingerprint density at radius 3 is 1.73 bits per heavy atom. The van der Waals surface area contributed by atoms with Crippen LogP contribution in [0.1, 0.15) is 102 Å². The number of hydrogen-bond acceptors (Lipinski definition) is 31. The quantitative estimate of drug-likeness (QED) is 0.0486. The van der Waals surface area contributed by atoms with Crippen molar-refractivity contribution < 1.29 is 155 Å². The third kappa shape index (κ3) is 17.8. The van der Waals surface area contributed by atoms with E-state index in [-0.39, 0.29) is 38.8 Å². The van der Waals surface area contributed by atoms with Gasteiger partial charge in [-0.05, 0) is 113 Å². The lowest BCUT2D eigenvalue weighted by Crippen LogP contribution is -2.59. The second-order valence-electron chi connectivity index (χ2n) is 30.5. The molecule has 16 rings (SSSR count). The maximum absolute atomic E-state index is 14.3. The highest BCUT2D eigenvalue weighted by Crippen LogP contribution is 2.53. The number of halogens is 2. The molecule has 3 unspecified atom stereocenters. The average Bonchev–Trinajstić information content (AvgIpc) is 0.784. The molecule has 0 spiro atoms. The van der Waals surface area contributed by atoms with Crippen LogP contribution in [0.5, 0.6) is 69.0 Å². The standard InChI is InChI=1S/C82H85Cl2N9O31/c1-28(97)86-62-51(20-35(25-94)65(103)69(62)107)122-74-53-18-34-19-54(74)120-49-11-8-32(17-44(49)84)72(124-82-63(87-29(2)98)70(108)68(106)55(27-96)123-82)64-80(115)92-61(81(116)117)42-23-38(100)24-50(121-52-21-36(26-95)66(104)71(109)67(52)105)56(42)41-16-31(7-9-46(41)101)58(77(112)93-64)90-79(114)60(34)91-78(113)59-33-14-37(99)22-39(15-33)118-73-40(4-3-5-47(73)102)57(85)76(111)88-45(75(110)89-59)13-30-6-10-48(119-53)43(83)12-30/h3-12,14-19,22-24,35-36,45,51-52,55,57-72,82,94-96,99-109H,13,20-21,25-27,85H2,1-2H3,(H,86,97)(H,87,98)(H,88,111)(H,89,110)(H,90,114)(H,91,113)(H,92,115)(H,93,112)(H,116,117)/t35-,36+,45-,51-,52-,55-,57-,58-,59+,60-,61-,62+,63-,64+,65?,66?,67-,68?,69-,70-,71+,72-,82+/m1/s1. The van der Waals surface area contributed by atoms with Crippen LogP contribution in [0.2, 0.25) is 10.0 Å². The van der Waals surface area contributed by atoms with Crippen molar-refractivity contribution >= 4 is 76.4 Å². The Morgan fingerprint density at radius 1 is 0.508 bits per heavy atom. The molecule has 40 nitrogen and oxygen atoms in total. The highest BCUT2D eigenvalue weighted by Gasteiger charge is 2.51. The number of nitrogens with zero attached hydrogens (tertiary/aromatic N) is 8. The predicted octanol–water partition coefficient (Wildman–Crippen LogP) is 6.09. The fourth-order valence-corrected chi connectivity index (χ4v) is 16.3. The fraction of sp³-hybridized carbons (Fsp3) is 0.378. The average molecular weight is 1760 g/mol. The number of para-hydroxylation sites is 1. The summed E-state index contributed by atoms with van der Waals surface area (Å²) in [6.07, 6.45) is -24.4. The number of benzene rings is 7. The Bertz CT molecular complexity index is 5510. The van der Waals surface area contributed by atoms with Crippen LogP contribution in [-0.2, 0) is 20.7 Å². The lowest BCUT2D eigenvalue weighted by atomic mass is 9.80. The lowest BCUT2D eigenvalue weighted by Gasteiger charge is -2.42. The number of fused-ring (bicyclic) bond motifs is 11. The van der Waals surface area contributed by atoms with Crippen molar-refractivity contribution in [3.63, 3.8) is 0 Å². The Kier molecular flexibility index (Phi) is 25.7. The van der Waals surface area contributed by atoms with Gasteiger partial charge in [0.15, 0.2) is 71.3 Å². The zero-order chi connectivity index (χ0) is 89.0. The van der Waals surface area contributed by atoms with Crippen LogP contribution < -0.4 is 29.4 Å². The first-order chi connectivity index (χ1) is 59.0. The van der Waals surface area contributed by atoms with Gasteiger partial charge in [0.2, 0.25) is 41.1 Å². The largest absolute Gasteiger partial charge is 0.508 e. The van der Waals surface area contributed by atoms with Crippen LogP contribution in [0, 0.1) is 11.8 Å². The van der Waals surface area contributed by atoms with Gasteiger partial charge in [0.05, 0.1) is 28.9 Å². The number of carbonyl (C=O) groups is 1. The van der Waals surface area contributed by atoms with Crippen LogP contribution in [-0.4, -0.2) is 282 Å². The molecule has 15 bridgehead atoms. The van der Waals surface area contributed by atoms with Gasteiger partial charge in [0.25, 0.3) is 0 Å². The summed E-state index contributed by atoms with van der Waals surface area (Å²) < 4.78 is 45.9. The molecular formula is C82H85Cl2N9O31. The normalized spacial score (nSPS) is 30.4. The van der Waals surface area contributed by atoms with Crippen LogP contribution in [0.3, 0.4) is 0 Å². The molecule has 658 valence electrons. The summed E-state index contributed by atoms with van der Waals surface area (Å²) in [7, 11) is 0. The second kappa shape index (κ2) is 36.1. The van der Waals surface area contributed by atoms with Crippen molar-refractivity contribution in [2.24, 2.45) is 57.5 Å². The molecule has 3 fully saturated rings. The molecule has 9 aliphatic rings.